The Labute approximate surface area is 166 Å². The molecule has 0 radical (unpaired) electrons. The van der Waals surface area contributed by atoms with Crippen molar-refractivity contribution >= 4 is 33.2 Å². The Hall–Kier alpha value is -2.43. The minimum Gasteiger partial charge on any atom is -0.294 e. The van der Waals surface area contributed by atoms with Crippen molar-refractivity contribution in [2.24, 2.45) is 0 Å². The summed E-state index contributed by atoms with van der Waals surface area (Å²) in [6, 6.07) is 13.9. The molecule has 3 nitrogen and oxygen atoms in total. The van der Waals surface area contributed by atoms with E-state index in [2.05, 4.69) is 44.0 Å². The minimum atomic E-state index is -0.00444. The fourth-order valence-electron chi connectivity index (χ4n) is 3.37. The van der Waals surface area contributed by atoms with E-state index >= 15 is 0 Å². The van der Waals surface area contributed by atoms with Gasteiger partial charge in [0.1, 0.15) is 4.83 Å². The van der Waals surface area contributed by atoms with Gasteiger partial charge in [0.2, 0.25) is 0 Å². The molecule has 2 aromatic heterocycles. The van der Waals surface area contributed by atoms with Gasteiger partial charge in [-0.3, -0.25) is 9.36 Å². The quantitative estimate of drug-likeness (QED) is 0.443. The van der Waals surface area contributed by atoms with E-state index in [1.807, 2.05) is 24.3 Å². The van der Waals surface area contributed by atoms with Crippen molar-refractivity contribution in [2.45, 2.75) is 27.3 Å². The molecule has 0 fully saturated rings. The molecule has 0 amide bonds. The fraction of sp³-hybridized carbons (Fsp3) is 0.182. The third-order valence-corrected chi connectivity index (χ3v) is 6.05. The summed E-state index contributed by atoms with van der Waals surface area (Å²) in [5.41, 5.74) is 5.48. The number of rotatable bonds is 3. The Kier molecular flexibility index (Phi) is 4.62. The molecule has 4 aromatic rings. The van der Waals surface area contributed by atoms with Crippen LogP contribution >= 0.6 is 22.9 Å². The second-order valence-electron chi connectivity index (χ2n) is 6.84. The van der Waals surface area contributed by atoms with Gasteiger partial charge in [0.25, 0.3) is 5.56 Å². The smallest absolute Gasteiger partial charge is 0.263 e. The van der Waals surface area contributed by atoms with Crippen LogP contribution in [0.1, 0.15) is 21.6 Å². The van der Waals surface area contributed by atoms with Gasteiger partial charge in [0.15, 0.2) is 0 Å². The van der Waals surface area contributed by atoms with Crippen LogP contribution in [0.2, 0.25) is 5.02 Å². The molecule has 0 bridgehead atoms. The van der Waals surface area contributed by atoms with Crippen molar-refractivity contribution in [3.8, 4) is 11.1 Å². The van der Waals surface area contributed by atoms with E-state index in [1.165, 1.54) is 5.56 Å². The first-order chi connectivity index (χ1) is 12.9. The molecule has 0 atom stereocenters. The topological polar surface area (TPSA) is 34.9 Å². The number of hydrogen-bond donors (Lipinski definition) is 0. The lowest BCUT2D eigenvalue weighted by Gasteiger charge is -2.09. The second kappa shape index (κ2) is 6.95. The van der Waals surface area contributed by atoms with Gasteiger partial charge in [0.05, 0.1) is 18.3 Å². The zero-order valence-corrected chi connectivity index (χ0v) is 17.0. The van der Waals surface area contributed by atoms with Crippen molar-refractivity contribution in [1.29, 1.82) is 0 Å². The monoisotopic (exact) mass is 394 g/mol. The van der Waals surface area contributed by atoms with E-state index in [0.717, 1.165) is 32.0 Å². The highest BCUT2D eigenvalue weighted by atomic mass is 35.5. The number of nitrogens with zero attached hydrogens (tertiary/aromatic N) is 2. The second-order valence-corrected chi connectivity index (χ2v) is 8.48. The van der Waals surface area contributed by atoms with E-state index in [4.69, 9.17) is 11.6 Å². The third kappa shape index (κ3) is 3.31. The lowest BCUT2D eigenvalue weighted by Crippen LogP contribution is -2.21. The molecular weight excluding hydrogens is 376 g/mol. The first-order valence-corrected chi connectivity index (χ1v) is 9.94. The largest absolute Gasteiger partial charge is 0.294 e. The molecule has 0 aliphatic heterocycles. The number of halogens is 1. The van der Waals surface area contributed by atoms with E-state index in [-0.39, 0.29) is 5.56 Å². The number of thiophene rings is 1. The van der Waals surface area contributed by atoms with E-state index in [0.29, 0.717) is 17.0 Å². The Morgan fingerprint density at radius 3 is 2.56 bits per heavy atom. The van der Waals surface area contributed by atoms with Gasteiger partial charge >= 0.3 is 0 Å². The molecule has 0 N–H and O–H groups in total. The van der Waals surface area contributed by atoms with Crippen LogP contribution in [0.3, 0.4) is 0 Å². The highest BCUT2D eigenvalue weighted by Gasteiger charge is 2.18. The Morgan fingerprint density at radius 2 is 1.81 bits per heavy atom. The Balaban J connectivity index is 1.91. The molecule has 0 unspecified atom stereocenters. The Bertz CT molecular complexity index is 1210. The maximum absolute atomic E-state index is 13.3. The molecule has 0 aliphatic rings. The van der Waals surface area contributed by atoms with Crippen LogP contribution in [-0.4, -0.2) is 9.55 Å². The predicted octanol–water partition coefficient (Wildman–Crippen LogP) is 5.75. The first kappa shape index (κ1) is 18.0. The molecule has 136 valence electrons. The molecule has 2 aromatic carbocycles. The lowest BCUT2D eigenvalue weighted by atomic mass is 9.97. The van der Waals surface area contributed by atoms with Gasteiger partial charge in [-0.25, -0.2) is 4.98 Å². The van der Waals surface area contributed by atoms with Crippen LogP contribution < -0.4 is 5.56 Å². The molecule has 0 aliphatic carbocycles. The van der Waals surface area contributed by atoms with Crippen LogP contribution in [0.15, 0.2) is 53.6 Å². The van der Waals surface area contributed by atoms with Crippen molar-refractivity contribution in [1.82, 2.24) is 9.55 Å². The normalized spacial score (nSPS) is 11.3. The van der Waals surface area contributed by atoms with Gasteiger partial charge < -0.3 is 0 Å². The van der Waals surface area contributed by atoms with Gasteiger partial charge in [-0.2, -0.15) is 0 Å². The molecule has 27 heavy (non-hydrogen) atoms. The van der Waals surface area contributed by atoms with Crippen LogP contribution in [-0.2, 0) is 6.54 Å². The van der Waals surface area contributed by atoms with Gasteiger partial charge in [-0.05, 0) is 49.6 Å². The number of aromatic nitrogens is 2. The number of fused-ring (bicyclic) bond motifs is 1. The predicted molar refractivity (Wildman–Crippen MR) is 114 cm³/mol. The maximum Gasteiger partial charge on any atom is 0.263 e. The number of benzene rings is 2. The van der Waals surface area contributed by atoms with Crippen LogP contribution in [0.25, 0.3) is 21.3 Å². The van der Waals surface area contributed by atoms with Crippen molar-refractivity contribution in [3.05, 3.63) is 85.7 Å². The molecule has 0 spiro atoms. The zero-order chi connectivity index (χ0) is 19.1. The standard InChI is InChI=1S/C22H19ClN2OS/c1-13-4-5-14(2)18(10-13)19-15(3)27-21-20(19)22(26)25(12-24-21)11-16-6-8-17(23)9-7-16/h4-10,12H,11H2,1-3H3. The first-order valence-electron chi connectivity index (χ1n) is 8.74. The maximum atomic E-state index is 13.3. The minimum absolute atomic E-state index is 0.00444. The summed E-state index contributed by atoms with van der Waals surface area (Å²) in [5.74, 6) is 0. The summed E-state index contributed by atoms with van der Waals surface area (Å²) in [6.07, 6.45) is 1.64. The molecule has 0 saturated carbocycles. The zero-order valence-electron chi connectivity index (χ0n) is 15.4. The van der Waals surface area contributed by atoms with E-state index < -0.39 is 0 Å². The fourth-order valence-corrected chi connectivity index (χ4v) is 4.49. The van der Waals surface area contributed by atoms with Crippen LogP contribution in [0.5, 0.6) is 0 Å². The summed E-state index contributed by atoms with van der Waals surface area (Å²) in [6.45, 7) is 6.69. The number of hydrogen-bond acceptors (Lipinski definition) is 3. The summed E-state index contributed by atoms with van der Waals surface area (Å²) < 4.78 is 1.67. The van der Waals surface area contributed by atoms with Gasteiger partial charge in [0, 0.05) is 15.5 Å². The average Bonchev–Trinajstić information content (AvgIpc) is 2.98. The third-order valence-electron chi connectivity index (χ3n) is 4.78. The summed E-state index contributed by atoms with van der Waals surface area (Å²) in [4.78, 5) is 19.8. The van der Waals surface area contributed by atoms with E-state index in [9.17, 15) is 4.79 Å². The molecule has 5 heteroatoms. The average molecular weight is 395 g/mol. The molecule has 0 saturated heterocycles. The molecule has 4 rings (SSSR count). The SMILES string of the molecule is Cc1ccc(C)c(-c2c(C)sc3ncn(Cc4ccc(Cl)cc4)c(=O)c23)c1. The number of aryl methyl sites for hydroxylation is 3. The summed E-state index contributed by atoms with van der Waals surface area (Å²) in [5, 5.41) is 1.40. The Morgan fingerprint density at radius 1 is 1.07 bits per heavy atom. The lowest BCUT2D eigenvalue weighted by molar-refractivity contribution is 0.749. The molecular formula is C22H19ClN2OS. The van der Waals surface area contributed by atoms with E-state index in [1.54, 1.807) is 22.2 Å². The van der Waals surface area contributed by atoms with Crippen molar-refractivity contribution in [3.63, 3.8) is 0 Å². The highest BCUT2D eigenvalue weighted by molar-refractivity contribution is 7.19. The van der Waals surface area contributed by atoms with Crippen LogP contribution in [0, 0.1) is 20.8 Å². The van der Waals surface area contributed by atoms with Crippen molar-refractivity contribution in [2.75, 3.05) is 0 Å². The van der Waals surface area contributed by atoms with Crippen molar-refractivity contribution < 1.29 is 0 Å². The summed E-state index contributed by atoms with van der Waals surface area (Å²) >= 11 is 7.54. The van der Waals surface area contributed by atoms with Crippen LogP contribution in [0.4, 0.5) is 0 Å². The van der Waals surface area contributed by atoms with Gasteiger partial charge in [-0.15, -0.1) is 11.3 Å². The van der Waals surface area contributed by atoms with Gasteiger partial charge in [-0.1, -0.05) is 47.5 Å². The molecule has 2 heterocycles. The summed E-state index contributed by atoms with van der Waals surface area (Å²) in [7, 11) is 0. The highest BCUT2D eigenvalue weighted by Crippen LogP contribution is 2.37.